The van der Waals surface area contributed by atoms with Crippen molar-refractivity contribution in [1.82, 2.24) is 35.5 Å². The predicted molar refractivity (Wildman–Crippen MR) is 122 cm³/mol. The van der Waals surface area contributed by atoms with Crippen molar-refractivity contribution in [2.24, 2.45) is 5.92 Å². The number of nitrogens with zero attached hydrogens (tertiary/aromatic N) is 6. The first-order valence-corrected chi connectivity index (χ1v) is 10.6. The third-order valence-corrected chi connectivity index (χ3v) is 4.96. The Bertz CT molecular complexity index is 1210. The second-order valence-corrected chi connectivity index (χ2v) is 7.95. The summed E-state index contributed by atoms with van der Waals surface area (Å²) in [5.41, 5.74) is 0.846. The smallest absolute Gasteiger partial charge is 0.273 e. The summed E-state index contributed by atoms with van der Waals surface area (Å²) in [6.07, 6.45) is 3.24. The SMILES string of the molecule is CNC(=O)c1nnc(NC(=O)C2CC2)cc1Nc1nccc(-c2noc(CN(C)C)n2)c1OC. The molecule has 1 fully saturated rings. The molecule has 0 unspecified atom stereocenters. The van der Waals surface area contributed by atoms with Crippen LogP contribution in [-0.2, 0) is 11.3 Å². The lowest BCUT2D eigenvalue weighted by molar-refractivity contribution is -0.117. The summed E-state index contributed by atoms with van der Waals surface area (Å²) in [4.78, 5) is 35.2. The van der Waals surface area contributed by atoms with Crippen LogP contribution in [0.15, 0.2) is 22.9 Å². The van der Waals surface area contributed by atoms with Crippen LogP contribution >= 0.6 is 0 Å². The summed E-state index contributed by atoms with van der Waals surface area (Å²) in [6.45, 7) is 0.485. The fourth-order valence-electron chi connectivity index (χ4n) is 3.15. The van der Waals surface area contributed by atoms with Gasteiger partial charge >= 0.3 is 0 Å². The molecule has 3 heterocycles. The van der Waals surface area contributed by atoms with Gasteiger partial charge in [-0.05, 0) is 33.0 Å². The van der Waals surface area contributed by atoms with E-state index in [0.29, 0.717) is 29.6 Å². The van der Waals surface area contributed by atoms with E-state index in [2.05, 4.69) is 41.3 Å². The molecule has 0 bridgehead atoms. The largest absolute Gasteiger partial charge is 0.492 e. The summed E-state index contributed by atoms with van der Waals surface area (Å²) in [5.74, 6) is 1.02. The number of aromatic nitrogens is 5. The van der Waals surface area contributed by atoms with E-state index in [1.54, 1.807) is 12.3 Å². The molecule has 4 rings (SSSR count). The minimum absolute atomic E-state index is 0.0115. The molecule has 13 nitrogen and oxygen atoms in total. The van der Waals surface area contributed by atoms with Gasteiger partial charge in [-0.3, -0.25) is 9.59 Å². The summed E-state index contributed by atoms with van der Waals surface area (Å²) >= 11 is 0. The van der Waals surface area contributed by atoms with Gasteiger partial charge < -0.3 is 30.1 Å². The normalized spacial score (nSPS) is 13.0. The molecule has 3 aromatic heterocycles. The zero-order valence-electron chi connectivity index (χ0n) is 19.2. The number of hydrogen-bond acceptors (Lipinski definition) is 11. The molecule has 3 N–H and O–H groups in total. The van der Waals surface area contributed by atoms with Crippen LogP contribution in [0.1, 0.15) is 29.2 Å². The van der Waals surface area contributed by atoms with Crippen molar-refractivity contribution in [3.8, 4) is 17.1 Å². The molecule has 0 saturated heterocycles. The number of amides is 2. The van der Waals surface area contributed by atoms with Crippen LogP contribution in [-0.4, -0.2) is 70.3 Å². The number of hydrogen-bond donors (Lipinski definition) is 3. The number of ether oxygens (including phenoxy) is 1. The zero-order chi connectivity index (χ0) is 24.2. The molecular weight excluding hydrogens is 442 g/mol. The van der Waals surface area contributed by atoms with Gasteiger partial charge in [0.15, 0.2) is 23.1 Å². The van der Waals surface area contributed by atoms with Crippen molar-refractivity contribution in [3.05, 3.63) is 29.9 Å². The molecule has 0 atom stereocenters. The highest BCUT2D eigenvalue weighted by molar-refractivity contribution is 5.99. The summed E-state index contributed by atoms with van der Waals surface area (Å²) < 4.78 is 10.9. The van der Waals surface area contributed by atoms with E-state index in [4.69, 9.17) is 9.26 Å². The number of methoxy groups -OCH3 is 1. The van der Waals surface area contributed by atoms with Gasteiger partial charge in [-0.15, -0.1) is 10.2 Å². The Morgan fingerprint density at radius 3 is 2.74 bits per heavy atom. The molecule has 0 radical (unpaired) electrons. The van der Waals surface area contributed by atoms with Gasteiger partial charge in [-0.1, -0.05) is 5.16 Å². The van der Waals surface area contributed by atoms with Crippen molar-refractivity contribution in [2.75, 3.05) is 38.9 Å². The van der Waals surface area contributed by atoms with E-state index in [1.807, 2.05) is 19.0 Å². The predicted octanol–water partition coefficient (Wildman–Crippen LogP) is 1.44. The maximum Gasteiger partial charge on any atom is 0.273 e. The average Bonchev–Trinajstić information content (AvgIpc) is 3.58. The number of carbonyl (C=O) groups is 2. The first kappa shape index (κ1) is 23.0. The molecule has 34 heavy (non-hydrogen) atoms. The van der Waals surface area contributed by atoms with Gasteiger partial charge in [0, 0.05) is 25.2 Å². The van der Waals surface area contributed by atoms with Gasteiger partial charge in [0.25, 0.3) is 5.91 Å². The Labute approximate surface area is 195 Å². The van der Waals surface area contributed by atoms with E-state index in [-0.39, 0.29) is 34.8 Å². The molecule has 2 amide bonds. The number of carbonyl (C=O) groups excluding carboxylic acids is 2. The van der Waals surface area contributed by atoms with Crippen LogP contribution in [0.25, 0.3) is 11.4 Å². The van der Waals surface area contributed by atoms with Crippen molar-refractivity contribution >= 4 is 29.1 Å². The Morgan fingerprint density at radius 1 is 1.26 bits per heavy atom. The van der Waals surface area contributed by atoms with Crippen LogP contribution in [0.3, 0.4) is 0 Å². The Morgan fingerprint density at radius 2 is 2.06 bits per heavy atom. The van der Waals surface area contributed by atoms with Crippen LogP contribution in [0.4, 0.5) is 17.3 Å². The van der Waals surface area contributed by atoms with Crippen LogP contribution in [0, 0.1) is 5.92 Å². The highest BCUT2D eigenvalue weighted by Crippen LogP contribution is 2.36. The molecule has 0 aliphatic heterocycles. The van der Waals surface area contributed by atoms with E-state index in [1.165, 1.54) is 20.2 Å². The highest BCUT2D eigenvalue weighted by Gasteiger charge is 2.30. The maximum atomic E-state index is 12.4. The molecule has 1 aliphatic carbocycles. The summed E-state index contributed by atoms with van der Waals surface area (Å²) in [5, 5.41) is 20.3. The molecule has 0 aromatic carbocycles. The summed E-state index contributed by atoms with van der Waals surface area (Å²) in [6, 6.07) is 3.22. The van der Waals surface area contributed by atoms with E-state index in [9.17, 15) is 9.59 Å². The van der Waals surface area contributed by atoms with E-state index in [0.717, 1.165) is 12.8 Å². The molecule has 1 aliphatic rings. The molecule has 1 saturated carbocycles. The van der Waals surface area contributed by atoms with Crippen LogP contribution < -0.4 is 20.7 Å². The molecular formula is C21H25N9O4. The maximum absolute atomic E-state index is 12.4. The first-order chi connectivity index (χ1) is 16.4. The number of pyridine rings is 1. The first-order valence-electron chi connectivity index (χ1n) is 10.6. The van der Waals surface area contributed by atoms with E-state index < -0.39 is 5.91 Å². The molecule has 13 heteroatoms. The highest BCUT2D eigenvalue weighted by atomic mass is 16.5. The Kier molecular flexibility index (Phi) is 6.63. The van der Waals surface area contributed by atoms with Crippen molar-refractivity contribution in [1.29, 1.82) is 0 Å². The van der Waals surface area contributed by atoms with Gasteiger partial charge in [-0.2, -0.15) is 4.98 Å². The van der Waals surface area contributed by atoms with Crippen LogP contribution in [0.5, 0.6) is 5.75 Å². The zero-order valence-corrected chi connectivity index (χ0v) is 19.2. The average molecular weight is 467 g/mol. The van der Waals surface area contributed by atoms with Crippen LogP contribution in [0.2, 0.25) is 0 Å². The lowest BCUT2D eigenvalue weighted by Gasteiger charge is -2.15. The fraction of sp³-hybridized carbons (Fsp3) is 0.381. The number of rotatable bonds is 9. The minimum atomic E-state index is -0.461. The second-order valence-electron chi connectivity index (χ2n) is 7.95. The quantitative estimate of drug-likeness (QED) is 0.418. The third-order valence-electron chi connectivity index (χ3n) is 4.96. The second kappa shape index (κ2) is 9.79. The number of anilines is 3. The van der Waals surface area contributed by atoms with Gasteiger partial charge in [0.2, 0.25) is 17.6 Å². The fourth-order valence-corrected chi connectivity index (χ4v) is 3.15. The Hall–Kier alpha value is -4.13. The monoisotopic (exact) mass is 467 g/mol. The summed E-state index contributed by atoms with van der Waals surface area (Å²) in [7, 11) is 6.76. The third kappa shape index (κ3) is 5.09. The number of nitrogens with one attached hydrogen (secondary N) is 3. The molecule has 0 spiro atoms. The lowest BCUT2D eigenvalue weighted by atomic mass is 10.2. The van der Waals surface area contributed by atoms with Gasteiger partial charge in [-0.25, -0.2) is 4.98 Å². The minimum Gasteiger partial charge on any atom is -0.492 e. The standard InChI is InChI=1S/C21H25N9O4/c1-22-21(32)16-13(9-14(27-28-16)25-20(31)11-5-6-11)24-19-17(33-4)12(7-8-23-19)18-26-15(34-29-18)10-30(2)3/h7-9,11H,5-6,10H2,1-4H3,(H,22,32)(H2,23,24,25,27,31). The lowest BCUT2D eigenvalue weighted by Crippen LogP contribution is -2.22. The van der Waals surface area contributed by atoms with Crippen molar-refractivity contribution in [3.63, 3.8) is 0 Å². The molecule has 3 aromatic rings. The Balaban J connectivity index is 1.68. The molecule has 178 valence electrons. The van der Waals surface area contributed by atoms with Crippen molar-refractivity contribution in [2.45, 2.75) is 19.4 Å². The topological polar surface area (TPSA) is 160 Å². The van der Waals surface area contributed by atoms with Gasteiger partial charge in [0.05, 0.1) is 24.9 Å². The van der Waals surface area contributed by atoms with E-state index >= 15 is 0 Å². The van der Waals surface area contributed by atoms with Crippen molar-refractivity contribution < 1.29 is 18.8 Å². The van der Waals surface area contributed by atoms with Gasteiger partial charge in [0.1, 0.15) is 0 Å².